The Hall–Kier alpha value is -2.11. The van der Waals surface area contributed by atoms with Gasteiger partial charge >= 0.3 is 0 Å². The standard InChI is InChI=1S/C18H20ClN3O2/c19-16-10-9-13(17(20)22-16)18(23)21-14-7-4-8-15(14)24-11-12-5-2-1-3-6-12/h1-3,5-6,9-10,14-15H,4,7-8,11H2,(H2,20,22)(H,21,23)/t14-,15-/m0/s1. The molecule has 1 fully saturated rings. The van der Waals surface area contributed by atoms with Gasteiger partial charge in [0.05, 0.1) is 24.3 Å². The van der Waals surface area contributed by atoms with Crippen molar-refractivity contribution in [3.8, 4) is 0 Å². The zero-order valence-corrected chi connectivity index (χ0v) is 14.0. The number of halogens is 1. The third-order valence-electron chi connectivity index (χ3n) is 4.21. The van der Waals surface area contributed by atoms with Gasteiger partial charge in [0.1, 0.15) is 11.0 Å². The molecule has 1 aromatic carbocycles. The van der Waals surface area contributed by atoms with Gasteiger partial charge in [-0.05, 0) is 37.0 Å². The molecule has 1 aliphatic carbocycles. The van der Waals surface area contributed by atoms with Gasteiger partial charge in [0, 0.05) is 0 Å². The van der Waals surface area contributed by atoms with Crippen LogP contribution in [-0.2, 0) is 11.3 Å². The van der Waals surface area contributed by atoms with Crippen LogP contribution in [0.5, 0.6) is 0 Å². The summed E-state index contributed by atoms with van der Waals surface area (Å²) in [6, 6.07) is 13.2. The second-order valence-electron chi connectivity index (χ2n) is 5.91. The molecule has 24 heavy (non-hydrogen) atoms. The fourth-order valence-corrected chi connectivity index (χ4v) is 3.11. The van der Waals surface area contributed by atoms with Gasteiger partial charge in [-0.2, -0.15) is 0 Å². The van der Waals surface area contributed by atoms with Gasteiger partial charge < -0.3 is 15.8 Å². The fourth-order valence-electron chi connectivity index (χ4n) is 2.96. The normalized spacial score (nSPS) is 20.0. The highest BCUT2D eigenvalue weighted by atomic mass is 35.5. The number of rotatable bonds is 5. The summed E-state index contributed by atoms with van der Waals surface area (Å²) in [6.07, 6.45) is 2.87. The SMILES string of the molecule is Nc1nc(Cl)ccc1C(=O)N[C@H]1CCC[C@@H]1OCc1ccccc1. The average molecular weight is 346 g/mol. The first-order valence-electron chi connectivity index (χ1n) is 8.02. The number of hydrogen-bond acceptors (Lipinski definition) is 4. The molecule has 1 aliphatic rings. The molecule has 0 spiro atoms. The molecule has 1 aromatic heterocycles. The molecule has 1 heterocycles. The van der Waals surface area contributed by atoms with E-state index in [1.807, 2.05) is 30.3 Å². The summed E-state index contributed by atoms with van der Waals surface area (Å²) in [7, 11) is 0. The molecule has 3 rings (SSSR count). The Morgan fingerprint density at radius 1 is 1.25 bits per heavy atom. The number of ether oxygens (including phenoxy) is 1. The van der Waals surface area contributed by atoms with Gasteiger partial charge in [0.15, 0.2) is 0 Å². The van der Waals surface area contributed by atoms with Crippen molar-refractivity contribution in [2.75, 3.05) is 5.73 Å². The first-order valence-corrected chi connectivity index (χ1v) is 8.39. The lowest BCUT2D eigenvalue weighted by atomic mass is 10.1. The van der Waals surface area contributed by atoms with E-state index in [1.54, 1.807) is 12.1 Å². The second-order valence-corrected chi connectivity index (χ2v) is 6.30. The van der Waals surface area contributed by atoms with Crippen molar-refractivity contribution in [2.24, 2.45) is 0 Å². The van der Waals surface area contributed by atoms with E-state index in [2.05, 4.69) is 10.3 Å². The first kappa shape index (κ1) is 16.7. The first-order chi connectivity index (χ1) is 11.6. The van der Waals surface area contributed by atoms with E-state index in [9.17, 15) is 4.79 Å². The Kier molecular flexibility index (Phi) is 5.33. The largest absolute Gasteiger partial charge is 0.383 e. The molecule has 0 bridgehead atoms. The Bertz CT molecular complexity index is 709. The number of amides is 1. The summed E-state index contributed by atoms with van der Waals surface area (Å²) in [5.74, 6) is -0.100. The minimum absolute atomic E-state index is 0.00985. The van der Waals surface area contributed by atoms with E-state index >= 15 is 0 Å². The molecule has 1 saturated carbocycles. The smallest absolute Gasteiger partial charge is 0.255 e. The predicted octanol–water partition coefficient (Wildman–Crippen LogP) is 3.18. The maximum absolute atomic E-state index is 12.4. The fraction of sp³-hybridized carbons (Fsp3) is 0.333. The summed E-state index contributed by atoms with van der Waals surface area (Å²) < 4.78 is 6.01. The third kappa shape index (κ3) is 4.04. The number of nitrogens with one attached hydrogen (secondary N) is 1. The second kappa shape index (κ2) is 7.64. The number of nitrogen functional groups attached to an aromatic ring is 1. The number of benzene rings is 1. The van der Waals surface area contributed by atoms with E-state index in [0.29, 0.717) is 12.2 Å². The van der Waals surface area contributed by atoms with Crippen LogP contribution in [-0.4, -0.2) is 23.0 Å². The van der Waals surface area contributed by atoms with Gasteiger partial charge in [-0.25, -0.2) is 4.98 Å². The zero-order valence-electron chi connectivity index (χ0n) is 13.2. The molecule has 0 saturated heterocycles. The Morgan fingerprint density at radius 2 is 2.04 bits per heavy atom. The summed E-state index contributed by atoms with van der Waals surface area (Å²) in [5.41, 5.74) is 7.24. The van der Waals surface area contributed by atoms with Crippen LogP contribution in [0.1, 0.15) is 35.2 Å². The molecule has 6 heteroatoms. The molecule has 2 atom stereocenters. The van der Waals surface area contributed by atoms with Crippen molar-refractivity contribution >= 4 is 23.3 Å². The summed E-state index contributed by atoms with van der Waals surface area (Å²) in [4.78, 5) is 16.3. The highest BCUT2D eigenvalue weighted by Gasteiger charge is 2.30. The van der Waals surface area contributed by atoms with Crippen LogP contribution in [0.25, 0.3) is 0 Å². The lowest BCUT2D eigenvalue weighted by Crippen LogP contribution is -2.41. The molecule has 3 N–H and O–H groups in total. The Morgan fingerprint density at radius 3 is 2.79 bits per heavy atom. The van der Waals surface area contributed by atoms with Crippen molar-refractivity contribution in [2.45, 2.75) is 38.0 Å². The zero-order chi connectivity index (χ0) is 16.9. The number of hydrogen-bond donors (Lipinski definition) is 2. The van der Waals surface area contributed by atoms with Crippen LogP contribution in [0.15, 0.2) is 42.5 Å². The summed E-state index contributed by atoms with van der Waals surface area (Å²) in [6.45, 7) is 0.544. The third-order valence-corrected chi connectivity index (χ3v) is 4.42. The lowest BCUT2D eigenvalue weighted by molar-refractivity contribution is 0.0272. The van der Waals surface area contributed by atoms with Crippen molar-refractivity contribution in [1.29, 1.82) is 0 Å². The van der Waals surface area contributed by atoms with Crippen LogP contribution >= 0.6 is 11.6 Å². The number of aromatic nitrogens is 1. The minimum atomic E-state index is -0.239. The molecular weight excluding hydrogens is 326 g/mol. The molecule has 5 nitrogen and oxygen atoms in total. The molecule has 2 aromatic rings. The number of carbonyl (C=O) groups is 1. The van der Waals surface area contributed by atoms with Crippen molar-refractivity contribution < 1.29 is 9.53 Å². The van der Waals surface area contributed by atoms with Crippen LogP contribution < -0.4 is 11.1 Å². The maximum Gasteiger partial charge on any atom is 0.255 e. The van der Waals surface area contributed by atoms with E-state index in [4.69, 9.17) is 22.1 Å². The number of nitrogens with zero attached hydrogens (tertiary/aromatic N) is 1. The maximum atomic E-state index is 12.4. The van der Waals surface area contributed by atoms with Crippen LogP contribution in [0.4, 0.5) is 5.82 Å². The quantitative estimate of drug-likeness (QED) is 0.816. The molecule has 0 aliphatic heterocycles. The van der Waals surface area contributed by atoms with E-state index in [0.717, 1.165) is 24.8 Å². The highest BCUT2D eigenvalue weighted by molar-refractivity contribution is 6.29. The number of anilines is 1. The van der Waals surface area contributed by atoms with Crippen molar-refractivity contribution in [3.05, 3.63) is 58.7 Å². The molecule has 1 amide bonds. The predicted molar refractivity (Wildman–Crippen MR) is 93.8 cm³/mol. The van der Waals surface area contributed by atoms with Crippen LogP contribution in [0, 0.1) is 0 Å². The minimum Gasteiger partial charge on any atom is -0.383 e. The van der Waals surface area contributed by atoms with Crippen LogP contribution in [0.3, 0.4) is 0 Å². The van der Waals surface area contributed by atoms with E-state index < -0.39 is 0 Å². The average Bonchev–Trinajstić information content (AvgIpc) is 3.01. The Labute approximate surface area is 146 Å². The lowest BCUT2D eigenvalue weighted by Gasteiger charge is -2.22. The summed E-state index contributed by atoms with van der Waals surface area (Å²) >= 11 is 5.77. The number of pyridine rings is 1. The molecular formula is C18H20ClN3O2. The monoisotopic (exact) mass is 345 g/mol. The number of nitrogens with two attached hydrogens (primary N) is 1. The van der Waals surface area contributed by atoms with Crippen molar-refractivity contribution in [3.63, 3.8) is 0 Å². The molecule has 0 unspecified atom stereocenters. The number of carbonyl (C=O) groups excluding carboxylic acids is 1. The van der Waals surface area contributed by atoms with Gasteiger partial charge in [0.25, 0.3) is 5.91 Å². The van der Waals surface area contributed by atoms with E-state index in [-0.39, 0.29) is 29.0 Å². The van der Waals surface area contributed by atoms with Gasteiger partial charge in [0.2, 0.25) is 0 Å². The Balaban J connectivity index is 1.60. The van der Waals surface area contributed by atoms with Crippen LogP contribution in [0.2, 0.25) is 5.15 Å². The van der Waals surface area contributed by atoms with Crippen molar-refractivity contribution in [1.82, 2.24) is 10.3 Å². The topological polar surface area (TPSA) is 77.2 Å². The molecule has 0 radical (unpaired) electrons. The van der Waals surface area contributed by atoms with Gasteiger partial charge in [-0.3, -0.25) is 4.79 Å². The van der Waals surface area contributed by atoms with Gasteiger partial charge in [-0.1, -0.05) is 41.9 Å². The highest BCUT2D eigenvalue weighted by Crippen LogP contribution is 2.24. The summed E-state index contributed by atoms with van der Waals surface area (Å²) in [5, 5.41) is 3.29. The van der Waals surface area contributed by atoms with E-state index in [1.165, 1.54) is 0 Å². The molecule has 126 valence electrons. The van der Waals surface area contributed by atoms with Gasteiger partial charge in [-0.15, -0.1) is 0 Å².